The molecule has 0 atom stereocenters. The van der Waals surface area contributed by atoms with E-state index < -0.39 is 0 Å². The number of piperidine rings is 1. The average Bonchev–Trinajstić information content (AvgIpc) is 3.20. The van der Waals surface area contributed by atoms with Gasteiger partial charge in [-0.05, 0) is 62.3 Å². The highest BCUT2D eigenvalue weighted by Crippen LogP contribution is 2.26. The third-order valence-electron chi connectivity index (χ3n) is 6.00. The number of rotatable bonds is 4. The van der Waals surface area contributed by atoms with Crippen LogP contribution in [0.4, 0.5) is 5.82 Å². The van der Waals surface area contributed by atoms with Gasteiger partial charge in [-0.1, -0.05) is 6.07 Å². The Morgan fingerprint density at radius 3 is 2.64 bits per heavy atom. The highest BCUT2D eigenvalue weighted by Gasteiger charge is 2.27. The fourth-order valence-corrected chi connectivity index (χ4v) is 4.34. The van der Waals surface area contributed by atoms with Crippen molar-refractivity contribution in [2.75, 3.05) is 32.1 Å². The molecule has 0 N–H and O–H groups in total. The van der Waals surface area contributed by atoms with Gasteiger partial charge < -0.3 is 14.5 Å². The van der Waals surface area contributed by atoms with Crippen molar-refractivity contribution in [2.24, 2.45) is 0 Å². The summed E-state index contributed by atoms with van der Waals surface area (Å²) in [7, 11) is 3.53. The van der Waals surface area contributed by atoms with E-state index in [9.17, 15) is 4.79 Å². The second-order valence-electron chi connectivity index (χ2n) is 7.83. The molecule has 0 saturated carbocycles. The lowest BCUT2D eigenvalue weighted by atomic mass is 10.0. The fraction of sp³-hybridized carbons (Fsp3) is 0.500. The molecule has 0 spiro atoms. The topological polar surface area (TPSA) is 58.6 Å². The van der Waals surface area contributed by atoms with E-state index in [0.717, 1.165) is 55.8 Å². The van der Waals surface area contributed by atoms with Crippen LogP contribution in [0.2, 0.25) is 0 Å². The molecule has 1 saturated heterocycles. The molecule has 6 heteroatoms. The molecule has 0 bridgehead atoms. The number of nitrogens with zero attached hydrogens (tertiary/aromatic N) is 4. The average molecular weight is 380 g/mol. The smallest absolute Gasteiger partial charge is 0.318 e. The predicted octanol–water partition coefficient (Wildman–Crippen LogP) is 3.02. The lowest BCUT2D eigenvalue weighted by Gasteiger charge is -2.37. The molecule has 2 aliphatic rings. The molecule has 0 radical (unpaired) electrons. The summed E-state index contributed by atoms with van der Waals surface area (Å²) in [6, 6.07) is 8.88. The molecule has 1 aliphatic carbocycles. The monoisotopic (exact) mass is 380 g/mol. The van der Waals surface area contributed by atoms with E-state index >= 15 is 0 Å². The second-order valence-corrected chi connectivity index (χ2v) is 7.83. The van der Waals surface area contributed by atoms with Gasteiger partial charge in [-0.3, -0.25) is 4.79 Å². The molecule has 2 aromatic rings. The van der Waals surface area contributed by atoms with Crippen molar-refractivity contribution in [1.29, 1.82) is 0 Å². The van der Waals surface area contributed by atoms with E-state index in [4.69, 9.17) is 4.74 Å². The SMILES string of the molecule is COc1nc(C)cc(N2CCC(N(C)C(=O)c3ccc4c(c3)CCC4)CC2)n1. The number of benzene rings is 1. The number of aromatic nitrogens is 2. The molecule has 1 aromatic carbocycles. The number of hydrogen-bond donors (Lipinski definition) is 0. The Kier molecular flexibility index (Phi) is 5.20. The molecule has 0 unspecified atom stereocenters. The minimum Gasteiger partial charge on any atom is -0.467 e. The normalized spacial score (nSPS) is 16.8. The summed E-state index contributed by atoms with van der Waals surface area (Å²) in [5.74, 6) is 1.03. The molecule has 1 fully saturated rings. The van der Waals surface area contributed by atoms with Gasteiger partial charge in [0, 0.05) is 43.5 Å². The van der Waals surface area contributed by atoms with Gasteiger partial charge in [-0.15, -0.1) is 0 Å². The molecular formula is C22H28N4O2. The molecule has 6 nitrogen and oxygen atoms in total. The van der Waals surface area contributed by atoms with Crippen LogP contribution < -0.4 is 9.64 Å². The van der Waals surface area contributed by atoms with Crippen LogP contribution in [-0.2, 0) is 12.8 Å². The van der Waals surface area contributed by atoms with E-state index in [1.54, 1.807) is 7.11 Å². The summed E-state index contributed by atoms with van der Waals surface area (Å²) in [4.78, 5) is 25.9. The van der Waals surface area contributed by atoms with Crippen molar-refractivity contribution in [3.63, 3.8) is 0 Å². The standard InChI is InChI=1S/C22H28N4O2/c1-15-13-20(24-22(23-15)28-3)26-11-9-19(10-12-26)25(2)21(27)18-8-7-16-5-4-6-17(16)14-18/h7-8,13-14,19H,4-6,9-12H2,1-3H3. The van der Waals surface area contributed by atoms with E-state index in [0.29, 0.717) is 6.01 Å². The maximum Gasteiger partial charge on any atom is 0.318 e. The Balaban J connectivity index is 1.40. The first kappa shape index (κ1) is 18.7. The number of ether oxygens (including phenoxy) is 1. The minimum absolute atomic E-state index is 0.132. The maximum absolute atomic E-state index is 13.0. The van der Waals surface area contributed by atoms with Crippen molar-refractivity contribution in [1.82, 2.24) is 14.9 Å². The Hall–Kier alpha value is -2.63. The van der Waals surface area contributed by atoms with Crippen LogP contribution in [0.25, 0.3) is 0 Å². The number of carbonyl (C=O) groups excluding carboxylic acids is 1. The fourth-order valence-electron chi connectivity index (χ4n) is 4.34. The van der Waals surface area contributed by atoms with Crippen LogP contribution in [0.5, 0.6) is 6.01 Å². The summed E-state index contributed by atoms with van der Waals surface area (Å²) >= 11 is 0. The van der Waals surface area contributed by atoms with Crippen molar-refractivity contribution in [2.45, 2.75) is 45.1 Å². The zero-order valence-corrected chi connectivity index (χ0v) is 16.9. The van der Waals surface area contributed by atoms with Crippen molar-refractivity contribution in [3.05, 3.63) is 46.6 Å². The van der Waals surface area contributed by atoms with Gasteiger partial charge in [0.1, 0.15) is 5.82 Å². The lowest BCUT2D eigenvalue weighted by molar-refractivity contribution is 0.0709. The molecular weight excluding hydrogens is 352 g/mol. The molecule has 1 aromatic heterocycles. The first-order chi connectivity index (χ1) is 13.5. The van der Waals surface area contributed by atoms with Crippen LogP contribution in [0.15, 0.2) is 24.3 Å². The van der Waals surface area contributed by atoms with Gasteiger partial charge in [0.2, 0.25) is 0 Å². The molecule has 148 valence electrons. The van der Waals surface area contributed by atoms with Gasteiger partial charge >= 0.3 is 6.01 Å². The number of hydrogen-bond acceptors (Lipinski definition) is 5. The quantitative estimate of drug-likeness (QED) is 0.816. The Bertz CT molecular complexity index is 875. The molecule has 4 rings (SSSR count). The highest BCUT2D eigenvalue weighted by atomic mass is 16.5. The third kappa shape index (κ3) is 3.68. The number of fused-ring (bicyclic) bond motifs is 1. The van der Waals surface area contributed by atoms with E-state index in [1.165, 1.54) is 17.5 Å². The maximum atomic E-state index is 13.0. The second kappa shape index (κ2) is 7.78. The molecule has 2 heterocycles. The van der Waals surface area contributed by atoms with Gasteiger partial charge in [-0.2, -0.15) is 4.98 Å². The van der Waals surface area contributed by atoms with Gasteiger partial charge in [0.25, 0.3) is 5.91 Å². The predicted molar refractivity (Wildman–Crippen MR) is 109 cm³/mol. The highest BCUT2D eigenvalue weighted by molar-refractivity contribution is 5.94. The molecule has 1 aliphatic heterocycles. The van der Waals surface area contributed by atoms with E-state index in [-0.39, 0.29) is 11.9 Å². The minimum atomic E-state index is 0.132. The van der Waals surface area contributed by atoms with Crippen molar-refractivity contribution in [3.8, 4) is 6.01 Å². The number of methoxy groups -OCH3 is 1. The zero-order chi connectivity index (χ0) is 19.7. The Morgan fingerprint density at radius 1 is 1.14 bits per heavy atom. The number of amides is 1. The number of carbonyl (C=O) groups is 1. The van der Waals surface area contributed by atoms with Crippen LogP contribution >= 0.6 is 0 Å². The molecule has 28 heavy (non-hydrogen) atoms. The van der Waals surface area contributed by atoms with Crippen LogP contribution in [0, 0.1) is 6.92 Å². The van der Waals surface area contributed by atoms with Crippen LogP contribution in [0.1, 0.15) is 46.4 Å². The largest absolute Gasteiger partial charge is 0.467 e. The summed E-state index contributed by atoms with van der Waals surface area (Å²) in [6.45, 7) is 3.68. The lowest BCUT2D eigenvalue weighted by Crippen LogP contribution is -2.46. The van der Waals surface area contributed by atoms with Gasteiger partial charge in [0.05, 0.1) is 7.11 Å². The van der Waals surface area contributed by atoms with E-state index in [1.807, 2.05) is 31.0 Å². The summed E-state index contributed by atoms with van der Waals surface area (Å²) in [5.41, 5.74) is 4.47. The van der Waals surface area contributed by atoms with Crippen LogP contribution in [0.3, 0.4) is 0 Å². The zero-order valence-electron chi connectivity index (χ0n) is 16.9. The molecule has 1 amide bonds. The summed E-state index contributed by atoms with van der Waals surface area (Å²) in [5, 5.41) is 0. The summed E-state index contributed by atoms with van der Waals surface area (Å²) in [6.07, 6.45) is 5.30. The Morgan fingerprint density at radius 2 is 1.89 bits per heavy atom. The first-order valence-electron chi connectivity index (χ1n) is 10.1. The number of aryl methyl sites for hydroxylation is 3. The number of anilines is 1. The van der Waals surface area contributed by atoms with Crippen molar-refractivity contribution < 1.29 is 9.53 Å². The van der Waals surface area contributed by atoms with E-state index in [2.05, 4.69) is 27.0 Å². The van der Waals surface area contributed by atoms with Crippen LogP contribution in [-0.4, -0.2) is 54.1 Å². The summed E-state index contributed by atoms with van der Waals surface area (Å²) < 4.78 is 5.20. The van der Waals surface area contributed by atoms with Gasteiger partial charge in [0.15, 0.2) is 0 Å². The first-order valence-corrected chi connectivity index (χ1v) is 10.1. The van der Waals surface area contributed by atoms with Crippen molar-refractivity contribution >= 4 is 11.7 Å². The third-order valence-corrected chi connectivity index (χ3v) is 6.00. The Labute approximate surface area is 166 Å². The van der Waals surface area contributed by atoms with Gasteiger partial charge in [-0.25, -0.2) is 4.98 Å².